The SMILES string of the molecule is CC(N)C1CCCCN1C(=O)c1cc(-c2ccc(Cl)cc2)n[nH]1.Cl. The molecule has 1 saturated heterocycles. The molecule has 1 aliphatic rings. The molecule has 2 heterocycles. The molecule has 1 fully saturated rings. The summed E-state index contributed by atoms with van der Waals surface area (Å²) in [5.74, 6) is -0.0280. The summed E-state index contributed by atoms with van der Waals surface area (Å²) in [7, 11) is 0. The maximum atomic E-state index is 12.8. The number of nitrogens with zero attached hydrogens (tertiary/aromatic N) is 2. The maximum Gasteiger partial charge on any atom is 0.272 e. The monoisotopic (exact) mass is 368 g/mol. The fourth-order valence-electron chi connectivity index (χ4n) is 3.11. The zero-order valence-electron chi connectivity index (χ0n) is 13.5. The number of likely N-dealkylation sites (tertiary alicyclic amines) is 1. The molecule has 0 aliphatic carbocycles. The van der Waals surface area contributed by atoms with Gasteiger partial charge in [0.05, 0.1) is 5.69 Å². The van der Waals surface area contributed by atoms with Crippen molar-refractivity contribution in [3.63, 3.8) is 0 Å². The molecule has 0 radical (unpaired) electrons. The zero-order chi connectivity index (χ0) is 16.4. The molecule has 24 heavy (non-hydrogen) atoms. The van der Waals surface area contributed by atoms with E-state index in [-0.39, 0.29) is 30.4 Å². The summed E-state index contributed by atoms with van der Waals surface area (Å²) < 4.78 is 0. The molecule has 7 heteroatoms. The highest BCUT2D eigenvalue weighted by Crippen LogP contribution is 2.24. The number of carbonyl (C=O) groups excluding carboxylic acids is 1. The van der Waals surface area contributed by atoms with Crippen molar-refractivity contribution in [1.82, 2.24) is 15.1 Å². The fourth-order valence-corrected chi connectivity index (χ4v) is 3.24. The van der Waals surface area contributed by atoms with E-state index in [0.717, 1.165) is 37.1 Å². The van der Waals surface area contributed by atoms with Crippen LogP contribution in [0.4, 0.5) is 0 Å². The van der Waals surface area contributed by atoms with Gasteiger partial charge in [-0.1, -0.05) is 23.7 Å². The molecular weight excluding hydrogens is 347 g/mol. The second kappa shape index (κ2) is 8.01. The molecule has 1 amide bonds. The van der Waals surface area contributed by atoms with E-state index >= 15 is 0 Å². The average Bonchev–Trinajstić information content (AvgIpc) is 3.04. The Morgan fingerprint density at radius 3 is 2.75 bits per heavy atom. The number of nitrogens with two attached hydrogens (primary N) is 1. The van der Waals surface area contributed by atoms with Crippen LogP contribution in [0.25, 0.3) is 11.3 Å². The van der Waals surface area contributed by atoms with Crippen LogP contribution in [0.5, 0.6) is 0 Å². The number of nitrogens with one attached hydrogen (secondary N) is 1. The fraction of sp³-hybridized carbons (Fsp3) is 0.412. The van der Waals surface area contributed by atoms with Crippen molar-refractivity contribution in [3.8, 4) is 11.3 Å². The molecule has 1 aromatic carbocycles. The number of aromatic amines is 1. The van der Waals surface area contributed by atoms with Crippen LogP contribution >= 0.6 is 24.0 Å². The Morgan fingerprint density at radius 2 is 2.08 bits per heavy atom. The number of amides is 1. The summed E-state index contributed by atoms with van der Waals surface area (Å²) in [5, 5.41) is 7.79. The van der Waals surface area contributed by atoms with E-state index in [0.29, 0.717) is 10.7 Å². The van der Waals surface area contributed by atoms with Crippen LogP contribution in [-0.4, -0.2) is 39.6 Å². The smallest absolute Gasteiger partial charge is 0.272 e. The second-order valence-electron chi connectivity index (χ2n) is 6.09. The van der Waals surface area contributed by atoms with Crippen molar-refractivity contribution in [2.75, 3.05) is 6.54 Å². The first-order chi connectivity index (χ1) is 11.1. The van der Waals surface area contributed by atoms with E-state index in [1.54, 1.807) is 6.07 Å². The average molecular weight is 369 g/mol. The van der Waals surface area contributed by atoms with Crippen molar-refractivity contribution < 1.29 is 4.79 Å². The van der Waals surface area contributed by atoms with E-state index in [1.807, 2.05) is 36.1 Å². The van der Waals surface area contributed by atoms with Crippen molar-refractivity contribution in [1.29, 1.82) is 0 Å². The Hall–Kier alpha value is -1.56. The van der Waals surface area contributed by atoms with Crippen LogP contribution in [0.3, 0.4) is 0 Å². The van der Waals surface area contributed by atoms with Gasteiger partial charge in [0.1, 0.15) is 5.69 Å². The van der Waals surface area contributed by atoms with E-state index in [1.165, 1.54) is 0 Å². The van der Waals surface area contributed by atoms with Gasteiger partial charge in [-0.2, -0.15) is 5.10 Å². The van der Waals surface area contributed by atoms with E-state index < -0.39 is 0 Å². The van der Waals surface area contributed by atoms with E-state index in [9.17, 15) is 4.79 Å². The van der Waals surface area contributed by atoms with Gasteiger partial charge in [-0.05, 0) is 44.4 Å². The molecule has 2 aromatic rings. The highest BCUT2D eigenvalue weighted by molar-refractivity contribution is 6.30. The molecule has 5 nitrogen and oxygen atoms in total. The van der Waals surface area contributed by atoms with Gasteiger partial charge in [-0.3, -0.25) is 9.89 Å². The highest BCUT2D eigenvalue weighted by atomic mass is 35.5. The minimum atomic E-state index is -0.0297. The molecule has 1 aliphatic heterocycles. The molecule has 1 aromatic heterocycles. The molecule has 0 spiro atoms. The van der Waals surface area contributed by atoms with Gasteiger partial charge >= 0.3 is 0 Å². The van der Waals surface area contributed by atoms with Crippen molar-refractivity contribution >= 4 is 29.9 Å². The third kappa shape index (κ3) is 3.91. The van der Waals surface area contributed by atoms with Gasteiger partial charge in [0.25, 0.3) is 5.91 Å². The Morgan fingerprint density at radius 1 is 1.38 bits per heavy atom. The quantitative estimate of drug-likeness (QED) is 0.870. The summed E-state index contributed by atoms with van der Waals surface area (Å²) >= 11 is 5.90. The molecular formula is C17H22Cl2N4O. The first kappa shape index (κ1) is 18.8. The number of carbonyl (C=O) groups is 1. The lowest BCUT2D eigenvalue weighted by molar-refractivity contribution is 0.0577. The van der Waals surface area contributed by atoms with Gasteiger partial charge in [-0.25, -0.2) is 0 Å². The van der Waals surface area contributed by atoms with Gasteiger partial charge in [0.2, 0.25) is 0 Å². The Bertz CT molecular complexity index is 684. The number of hydrogen-bond donors (Lipinski definition) is 2. The Balaban J connectivity index is 0.00000208. The summed E-state index contributed by atoms with van der Waals surface area (Å²) in [4.78, 5) is 14.7. The van der Waals surface area contributed by atoms with Crippen LogP contribution in [0.2, 0.25) is 5.02 Å². The molecule has 0 bridgehead atoms. The molecule has 3 rings (SSSR count). The second-order valence-corrected chi connectivity index (χ2v) is 6.53. The maximum absolute atomic E-state index is 12.8. The van der Waals surface area contributed by atoms with Gasteiger partial charge in [-0.15, -0.1) is 12.4 Å². The van der Waals surface area contributed by atoms with Gasteiger partial charge in [0, 0.05) is 29.2 Å². The third-order valence-corrected chi connectivity index (χ3v) is 4.62. The van der Waals surface area contributed by atoms with Gasteiger partial charge in [0.15, 0.2) is 0 Å². The summed E-state index contributed by atoms with van der Waals surface area (Å²) in [5.41, 5.74) is 8.21. The Kier molecular flexibility index (Phi) is 6.27. The number of halogens is 2. The molecule has 2 unspecified atom stereocenters. The normalized spacial score (nSPS) is 18.8. The number of aromatic nitrogens is 2. The number of rotatable bonds is 3. The lowest BCUT2D eigenvalue weighted by Crippen LogP contribution is -2.51. The lowest BCUT2D eigenvalue weighted by Gasteiger charge is -2.37. The van der Waals surface area contributed by atoms with Crippen molar-refractivity contribution in [2.45, 2.75) is 38.3 Å². The highest BCUT2D eigenvalue weighted by Gasteiger charge is 2.30. The topological polar surface area (TPSA) is 75.0 Å². The molecule has 130 valence electrons. The first-order valence-corrected chi connectivity index (χ1v) is 8.32. The van der Waals surface area contributed by atoms with Crippen LogP contribution < -0.4 is 5.73 Å². The largest absolute Gasteiger partial charge is 0.333 e. The van der Waals surface area contributed by atoms with Crippen LogP contribution in [0.15, 0.2) is 30.3 Å². The predicted molar refractivity (Wildman–Crippen MR) is 98.6 cm³/mol. The molecule has 2 atom stereocenters. The van der Waals surface area contributed by atoms with E-state index in [2.05, 4.69) is 10.2 Å². The summed E-state index contributed by atoms with van der Waals surface area (Å²) in [6, 6.07) is 9.25. The Labute approximate surface area is 153 Å². The standard InChI is InChI=1S/C17H21ClN4O.ClH/c1-11(19)16-4-2-3-9-22(16)17(23)15-10-14(20-21-15)12-5-7-13(18)8-6-12;/h5-8,10-11,16H,2-4,9,19H2,1H3,(H,20,21);1H. The number of piperidine rings is 1. The van der Waals surface area contributed by atoms with Crippen LogP contribution in [0, 0.1) is 0 Å². The van der Waals surface area contributed by atoms with Gasteiger partial charge < -0.3 is 10.6 Å². The molecule has 3 N–H and O–H groups in total. The third-order valence-electron chi connectivity index (χ3n) is 4.37. The first-order valence-electron chi connectivity index (χ1n) is 7.94. The van der Waals surface area contributed by atoms with Crippen LogP contribution in [0.1, 0.15) is 36.7 Å². The van der Waals surface area contributed by atoms with E-state index in [4.69, 9.17) is 17.3 Å². The van der Waals surface area contributed by atoms with Crippen LogP contribution in [-0.2, 0) is 0 Å². The summed E-state index contributed by atoms with van der Waals surface area (Å²) in [6.07, 6.45) is 3.10. The lowest BCUT2D eigenvalue weighted by atomic mass is 9.96. The predicted octanol–water partition coefficient (Wildman–Crippen LogP) is 3.49. The minimum Gasteiger partial charge on any atom is -0.333 e. The van der Waals surface area contributed by atoms with Crippen molar-refractivity contribution in [2.24, 2.45) is 5.73 Å². The van der Waals surface area contributed by atoms with Crippen molar-refractivity contribution in [3.05, 3.63) is 41.0 Å². The zero-order valence-corrected chi connectivity index (χ0v) is 15.1. The minimum absolute atomic E-state index is 0. The number of H-pyrrole nitrogens is 1. The summed E-state index contributed by atoms with van der Waals surface area (Å²) in [6.45, 7) is 2.71. The number of hydrogen-bond acceptors (Lipinski definition) is 3. The molecule has 0 saturated carbocycles. The number of benzene rings is 1.